The van der Waals surface area contributed by atoms with E-state index < -0.39 is 0 Å². The van der Waals surface area contributed by atoms with Gasteiger partial charge in [0.1, 0.15) is 0 Å². The lowest BCUT2D eigenvalue weighted by Crippen LogP contribution is -2.41. The highest BCUT2D eigenvalue weighted by Gasteiger charge is 2.25. The third kappa shape index (κ3) is 4.28. The van der Waals surface area contributed by atoms with Crippen molar-refractivity contribution in [1.82, 2.24) is 9.80 Å². The van der Waals surface area contributed by atoms with Gasteiger partial charge in [-0.3, -0.25) is 9.69 Å². The van der Waals surface area contributed by atoms with E-state index >= 15 is 0 Å². The van der Waals surface area contributed by atoms with Crippen molar-refractivity contribution in [3.8, 4) is 6.07 Å². The van der Waals surface area contributed by atoms with Crippen molar-refractivity contribution in [3.05, 3.63) is 0 Å². The molecule has 0 aromatic rings. The molecule has 2 atom stereocenters. The highest BCUT2D eigenvalue weighted by Crippen LogP contribution is 2.15. The average Bonchev–Trinajstić information content (AvgIpc) is 2.82. The quantitative estimate of drug-likeness (QED) is 0.739. The van der Waals surface area contributed by atoms with E-state index in [1.807, 2.05) is 13.8 Å². The van der Waals surface area contributed by atoms with Crippen molar-refractivity contribution < 1.29 is 9.90 Å². The molecule has 1 N–H and O–H groups in total. The van der Waals surface area contributed by atoms with Gasteiger partial charge in [-0.05, 0) is 32.7 Å². The van der Waals surface area contributed by atoms with Gasteiger partial charge in [0.05, 0.1) is 18.5 Å². The number of nitriles is 1. The number of carbonyl (C=O) groups excluding carboxylic acids is 1. The van der Waals surface area contributed by atoms with E-state index in [9.17, 15) is 4.79 Å². The van der Waals surface area contributed by atoms with Crippen LogP contribution in [-0.4, -0.2) is 60.1 Å². The van der Waals surface area contributed by atoms with E-state index in [1.165, 1.54) is 0 Å². The van der Waals surface area contributed by atoms with Crippen LogP contribution in [0.1, 0.15) is 20.3 Å². The number of amides is 1. The Balaban J connectivity index is 2.41. The van der Waals surface area contributed by atoms with Crippen LogP contribution in [0.4, 0.5) is 0 Å². The molecule has 0 saturated carbocycles. The van der Waals surface area contributed by atoms with Crippen LogP contribution in [0, 0.1) is 23.2 Å². The highest BCUT2D eigenvalue weighted by atomic mass is 16.3. The van der Waals surface area contributed by atoms with Gasteiger partial charge in [-0.2, -0.15) is 5.26 Å². The Labute approximate surface area is 109 Å². The molecule has 0 bridgehead atoms. The number of hydrogen-bond acceptors (Lipinski definition) is 4. The molecular weight excluding hydrogens is 230 g/mol. The summed E-state index contributed by atoms with van der Waals surface area (Å²) in [5.41, 5.74) is 0. The second kappa shape index (κ2) is 7.34. The topological polar surface area (TPSA) is 67.6 Å². The van der Waals surface area contributed by atoms with E-state index in [-0.39, 0.29) is 18.4 Å². The molecule has 1 rings (SSSR count). The van der Waals surface area contributed by atoms with Gasteiger partial charge in [-0.15, -0.1) is 0 Å². The molecule has 0 unspecified atom stereocenters. The number of aliphatic hydroxyl groups is 1. The molecule has 1 saturated heterocycles. The lowest BCUT2D eigenvalue weighted by molar-refractivity contribution is -0.132. The van der Waals surface area contributed by atoms with Gasteiger partial charge in [0.15, 0.2) is 0 Å². The zero-order valence-electron chi connectivity index (χ0n) is 11.3. The number of rotatable bonds is 6. The fourth-order valence-electron chi connectivity index (χ4n) is 2.28. The first-order chi connectivity index (χ1) is 8.60. The fraction of sp³-hybridized carbons (Fsp3) is 0.846. The average molecular weight is 253 g/mol. The van der Waals surface area contributed by atoms with Crippen LogP contribution in [0.25, 0.3) is 0 Å². The number of likely N-dealkylation sites (N-methyl/N-ethyl adjacent to an activating group) is 1. The largest absolute Gasteiger partial charge is 0.396 e. The van der Waals surface area contributed by atoms with Crippen molar-refractivity contribution >= 4 is 5.91 Å². The van der Waals surface area contributed by atoms with Crippen molar-refractivity contribution in [2.24, 2.45) is 11.8 Å². The molecule has 1 aliphatic rings. The maximum atomic E-state index is 12.1. The normalized spacial score (nSPS) is 21.6. The second-order valence-electron chi connectivity index (χ2n) is 5.03. The fourth-order valence-corrected chi connectivity index (χ4v) is 2.28. The van der Waals surface area contributed by atoms with Gasteiger partial charge in [-0.25, -0.2) is 0 Å². The van der Waals surface area contributed by atoms with Crippen LogP contribution in [0.5, 0.6) is 0 Å². The zero-order valence-corrected chi connectivity index (χ0v) is 11.3. The van der Waals surface area contributed by atoms with Crippen molar-refractivity contribution in [2.75, 3.05) is 39.3 Å². The summed E-state index contributed by atoms with van der Waals surface area (Å²) >= 11 is 0. The first kappa shape index (κ1) is 14.9. The molecule has 0 aliphatic carbocycles. The van der Waals surface area contributed by atoms with Crippen molar-refractivity contribution in [1.29, 1.82) is 5.26 Å². The van der Waals surface area contributed by atoms with E-state index in [2.05, 4.69) is 11.0 Å². The van der Waals surface area contributed by atoms with Crippen LogP contribution < -0.4 is 0 Å². The van der Waals surface area contributed by atoms with Crippen molar-refractivity contribution in [2.45, 2.75) is 20.3 Å². The molecular formula is C13H23N3O2. The smallest absolute Gasteiger partial charge is 0.236 e. The minimum absolute atomic E-state index is 0.0817. The summed E-state index contributed by atoms with van der Waals surface area (Å²) in [6, 6.07) is 2.15. The second-order valence-corrected chi connectivity index (χ2v) is 5.03. The molecule has 102 valence electrons. The lowest BCUT2D eigenvalue weighted by Gasteiger charge is -2.25. The number of carbonyl (C=O) groups is 1. The maximum Gasteiger partial charge on any atom is 0.236 e. The molecule has 0 aromatic heterocycles. The summed E-state index contributed by atoms with van der Waals surface area (Å²) in [6.07, 6.45) is 0.963. The third-order valence-electron chi connectivity index (χ3n) is 3.44. The van der Waals surface area contributed by atoms with E-state index in [0.717, 1.165) is 19.5 Å². The molecule has 1 amide bonds. The van der Waals surface area contributed by atoms with Gasteiger partial charge in [0.2, 0.25) is 5.91 Å². The van der Waals surface area contributed by atoms with Gasteiger partial charge >= 0.3 is 0 Å². The predicted molar refractivity (Wildman–Crippen MR) is 68.7 cm³/mol. The molecule has 1 heterocycles. The van der Waals surface area contributed by atoms with Crippen LogP contribution in [0.3, 0.4) is 0 Å². The molecule has 1 aliphatic heterocycles. The lowest BCUT2D eigenvalue weighted by atomic mass is 10.1. The predicted octanol–water partition coefficient (Wildman–Crippen LogP) is 0.309. The number of aliphatic hydroxyl groups excluding tert-OH is 1. The van der Waals surface area contributed by atoms with Gasteiger partial charge in [0.25, 0.3) is 0 Å². The molecule has 0 radical (unpaired) electrons. The summed E-state index contributed by atoms with van der Waals surface area (Å²) in [7, 11) is 0. The SMILES string of the molecule is CCN(C[C@H](C)C#N)C(=O)CN1CC[C@@H](CO)C1. The Hall–Kier alpha value is -1.12. The number of nitrogens with zero attached hydrogens (tertiary/aromatic N) is 3. The monoisotopic (exact) mass is 253 g/mol. The highest BCUT2D eigenvalue weighted by molar-refractivity contribution is 5.78. The molecule has 18 heavy (non-hydrogen) atoms. The van der Waals surface area contributed by atoms with Crippen LogP contribution in [-0.2, 0) is 4.79 Å². The van der Waals surface area contributed by atoms with E-state index in [1.54, 1.807) is 4.90 Å². The molecule has 5 nitrogen and oxygen atoms in total. The first-order valence-corrected chi connectivity index (χ1v) is 6.61. The molecule has 1 fully saturated rings. The van der Waals surface area contributed by atoms with Gasteiger partial charge in [-0.1, -0.05) is 0 Å². The summed E-state index contributed by atoms with van der Waals surface area (Å²) < 4.78 is 0. The van der Waals surface area contributed by atoms with Gasteiger partial charge in [0, 0.05) is 26.2 Å². The van der Waals surface area contributed by atoms with Crippen molar-refractivity contribution in [3.63, 3.8) is 0 Å². The maximum absolute atomic E-state index is 12.1. The standard InChI is InChI=1S/C13H23N3O2/c1-3-16(7-11(2)6-14)13(18)9-15-5-4-12(8-15)10-17/h11-12,17H,3-5,7-10H2,1-2H3/t11-,12-/m1/s1. The number of hydrogen-bond donors (Lipinski definition) is 1. The van der Waals surface area contributed by atoms with E-state index in [4.69, 9.17) is 10.4 Å². The summed E-state index contributed by atoms with van der Waals surface area (Å²) in [5.74, 6) is 0.266. The minimum atomic E-state index is -0.127. The van der Waals surface area contributed by atoms with Gasteiger partial charge < -0.3 is 10.0 Å². The molecule has 0 spiro atoms. The van der Waals surface area contributed by atoms with Crippen LogP contribution >= 0.6 is 0 Å². The Morgan fingerprint density at radius 3 is 2.89 bits per heavy atom. The first-order valence-electron chi connectivity index (χ1n) is 6.61. The Kier molecular flexibility index (Phi) is 6.10. The van der Waals surface area contributed by atoms with Crippen LogP contribution in [0.15, 0.2) is 0 Å². The zero-order chi connectivity index (χ0) is 13.5. The Morgan fingerprint density at radius 1 is 1.67 bits per heavy atom. The molecule has 0 aromatic carbocycles. The summed E-state index contributed by atoms with van der Waals surface area (Å²) in [4.78, 5) is 15.9. The van der Waals surface area contributed by atoms with Crippen LogP contribution in [0.2, 0.25) is 0 Å². The Morgan fingerprint density at radius 2 is 2.39 bits per heavy atom. The Bertz CT molecular complexity index is 314. The molecule has 5 heteroatoms. The number of likely N-dealkylation sites (tertiary alicyclic amines) is 1. The third-order valence-corrected chi connectivity index (χ3v) is 3.44. The summed E-state index contributed by atoms with van der Waals surface area (Å²) in [5, 5.41) is 17.9. The van der Waals surface area contributed by atoms with E-state index in [0.29, 0.717) is 25.6 Å². The minimum Gasteiger partial charge on any atom is -0.396 e. The summed E-state index contributed by atoms with van der Waals surface area (Å²) in [6.45, 7) is 7.19.